The lowest BCUT2D eigenvalue weighted by atomic mass is 10.2. The van der Waals surface area contributed by atoms with Crippen molar-refractivity contribution in [3.63, 3.8) is 0 Å². The molecule has 6 nitrogen and oxygen atoms in total. The Morgan fingerprint density at radius 3 is 2.39 bits per heavy atom. The SMILES string of the molecule is CCOC(=O)C(N)CCOCCCOCCOC. The van der Waals surface area contributed by atoms with Crippen molar-refractivity contribution in [3.8, 4) is 0 Å². The van der Waals surface area contributed by atoms with E-state index >= 15 is 0 Å². The third-order valence-corrected chi connectivity index (χ3v) is 2.17. The van der Waals surface area contributed by atoms with E-state index in [9.17, 15) is 4.79 Å². The Labute approximate surface area is 109 Å². The van der Waals surface area contributed by atoms with Crippen LogP contribution in [0.4, 0.5) is 0 Å². The van der Waals surface area contributed by atoms with Crippen LogP contribution in [0.3, 0.4) is 0 Å². The first kappa shape index (κ1) is 17.3. The number of rotatable bonds is 12. The lowest BCUT2D eigenvalue weighted by Gasteiger charge is -2.10. The van der Waals surface area contributed by atoms with Crippen molar-refractivity contribution < 1.29 is 23.7 Å². The Hall–Kier alpha value is -0.690. The van der Waals surface area contributed by atoms with Gasteiger partial charge in [-0.25, -0.2) is 0 Å². The van der Waals surface area contributed by atoms with Gasteiger partial charge in [0.05, 0.1) is 19.8 Å². The highest BCUT2D eigenvalue weighted by Gasteiger charge is 2.13. The number of methoxy groups -OCH3 is 1. The molecule has 2 N–H and O–H groups in total. The molecule has 0 aliphatic rings. The van der Waals surface area contributed by atoms with E-state index in [0.29, 0.717) is 46.1 Å². The van der Waals surface area contributed by atoms with Crippen LogP contribution in [0.15, 0.2) is 0 Å². The van der Waals surface area contributed by atoms with Gasteiger partial charge in [0, 0.05) is 26.9 Å². The fourth-order valence-electron chi connectivity index (χ4n) is 1.19. The molecule has 0 saturated carbocycles. The summed E-state index contributed by atoms with van der Waals surface area (Å²) >= 11 is 0. The number of carbonyl (C=O) groups excluding carboxylic acids is 1. The number of esters is 1. The number of hydrogen-bond acceptors (Lipinski definition) is 6. The van der Waals surface area contributed by atoms with Gasteiger partial charge in [-0.2, -0.15) is 0 Å². The summed E-state index contributed by atoms with van der Waals surface area (Å²) < 4.78 is 20.2. The zero-order valence-corrected chi connectivity index (χ0v) is 11.4. The largest absolute Gasteiger partial charge is 0.465 e. The van der Waals surface area contributed by atoms with E-state index in [1.54, 1.807) is 14.0 Å². The van der Waals surface area contributed by atoms with Gasteiger partial charge < -0.3 is 24.7 Å². The summed E-state index contributed by atoms with van der Waals surface area (Å²) in [4.78, 5) is 11.2. The molecule has 108 valence electrons. The first-order valence-electron chi connectivity index (χ1n) is 6.29. The first-order chi connectivity index (χ1) is 8.72. The van der Waals surface area contributed by atoms with Gasteiger partial charge in [-0.3, -0.25) is 4.79 Å². The normalized spacial score (nSPS) is 12.4. The fraction of sp³-hybridized carbons (Fsp3) is 0.917. The van der Waals surface area contributed by atoms with Crippen LogP contribution in [0.25, 0.3) is 0 Å². The molecule has 0 bridgehead atoms. The molecule has 0 spiro atoms. The fourth-order valence-corrected chi connectivity index (χ4v) is 1.19. The monoisotopic (exact) mass is 263 g/mol. The molecule has 0 aliphatic heterocycles. The van der Waals surface area contributed by atoms with Gasteiger partial charge in [-0.15, -0.1) is 0 Å². The van der Waals surface area contributed by atoms with Crippen LogP contribution in [0.2, 0.25) is 0 Å². The van der Waals surface area contributed by atoms with E-state index in [1.807, 2.05) is 0 Å². The average Bonchev–Trinajstić information content (AvgIpc) is 2.36. The van der Waals surface area contributed by atoms with Gasteiger partial charge in [0.15, 0.2) is 0 Å². The van der Waals surface area contributed by atoms with Crippen molar-refractivity contribution in [1.29, 1.82) is 0 Å². The minimum atomic E-state index is -0.595. The summed E-state index contributed by atoms with van der Waals surface area (Å²) in [6.07, 6.45) is 1.29. The van der Waals surface area contributed by atoms with E-state index in [4.69, 9.17) is 24.7 Å². The molecule has 0 saturated heterocycles. The molecule has 0 amide bonds. The number of carbonyl (C=O) groups is 1. The predicted molar refractivity (Wildman–Crippen MR) is 67.4 cm³/mol. The Kier molecular flexibility index (Phi) is 12.3. The maximum absolute atomic E-state index is 11.2. The van der Waals surface area contributed by atoms with Gasteiger partial charge in [-0.05, 0) is 19.8 Å². The van der Waals surface area contributed by atoms with Gasteiger partial charge in [0.1, 0.15) is 6.04 Å². The van der Waals surface area contributed by atoms with Crippen molar-refractivity contribution in [3.05, 3.63) is 0 Å². The zero-order chi connectivity index (χ0) is 13.6. The first-order valence-corrected chi connectivity index (χ1v) is 6.29. The second-order valence-corrected chi connectivity index (χ2v) is 3.72. The molecule has 6 heteroatoms. The molecule has 18 heavy (non-hydrogen) atoms. The van der Waals surface area contributed by atoms with Gasteiger partial charge in [0.25, 0.3) is 0 Å². The van der Waals surface area contributed by atoms with Crippen molar-refractivity contribution >= 4 is 5.97 Å². The van der Waals surface area contributed by atoms with E-state index in [1.165, 1.54) is 0 Å². The smallest absolute Gasteiger partial charge is 0.322 e. The van der Waals surface area contributed by atoms with Crippen LogP contribution < -0.4 is 5.73 Å². The summed E-state index contributed by atoms with van der Waals surface area (Å²) in [7, 11) is 1.64. The minimum Gasteiger partial charge on any atom is -0.465 e. The molecule has 0 aromatic rings. The molecule has 1 atom stereocenters. The van der Waals surface area contributed by atoms with Crippen molar-refractivity contribution in [2.45, 2.75) is 25.8 Å². The van der Waals surface area contributed by atoms with Crippen LogP contribution in [-0.4, -0.2) is 58.8 Å². The lowest BCUT2D eigenvalue weighted by Crippen LogP contribution is -2.33. The number of ether oxygens (including phenoxy) is 4. The number of nitrogens with two attached hydrogens (primary N) is 1. The Morgan fingerprint density at radius 1 is 1.11 bits per heavy atom. The molecule has 1 unspecified atom stereocenters. The molecule has 0 aromatic heterocycles. The Morgan fingerprint density at radius 2 is 1.78 bits per heavy atom. The lowest BCUT2D eigenvalue weighted by molar-refractivity contribution is -0.145. The topological polar surface area (TPSA) is 80.0 Å². The second-order valence-electron chi connectivity index (χ2n) is 3.72. The molecular weight excluding hydrogens is 238 g/mol. The third-order valence-electron chi connectivity index (χ3n) is 2.17. The number of hydrogen-bond donors (Lipinski definition) is 1. The Balaban J connectivity index is 3.22. The molecule has 0 aromatic carbocycles. The van der Waals surface area contributed by atoms with Crippen LogP contribution in [0.1, 0.15) is 19.8 Å². The highest BCUT2D eigenvalue weighted by Crippen LogP contribution is 1.94. The van der Waals surface area contributed by atoms with E-state index in [0.717, 1.165) is 6.42 Å². The molecule has 0 fully saturated rings. The van der Waals surface area contributed by atoms with Crippen molar-refractivity contribution in [2.24, 2.45) is 5.73 Å². The highest BCUT2D eigenvalue weighted by atomic mass is 16.5. The summed E-state index contributed by atoms with van der Waals surface area (Å²) in [5.41, 5.74) is 5.61. The summed E-state index contributed by atoms with van der Waals surface area (Å²) in [5, 5.41) is 0. The molecule has 0 radical (unpaired) electrons. The van der Waals surface area contributed by atoms with Crippen molar-refractivity contribution in [2.75, 3.05) is 46.8 Å². The standard InChI is InChI=1S/C12H25NO5/c1-3-18-12(14)11(13)5-8-16-6-4-7-17-10-9-15-2/h11H,3-10,13H2,1-2H3. The molecule has 0 rings (SSSR count). The maximum atomic E-state index is 11.2. The summed E-state index contributed by atoms with van der Waals surface area (Å²) in [6, 6.07) is -0.595. The average molecular weight is 263 g/mol. The molecule has 0 aliphatic carbocycles. The Bertz CT molecular complexity index is 201. The van der Waals surface area contributed by atoms with Gasteiger partial charge in [0.2, 0.25) is 0 Å². The summed E-state index contributed by atoms with van der Waals surface area (Å²) in [5.74, 6) is -0.371. The van der Waals surface area contributed by atoms with E-state index in [-0.39, 0.29) is 5.97 Å². The van der Waals surface area contributed by atoms with Crippen LogP contribution in [0.5, 0.6) is 0 Å². The maximum Gasteiger partial charge on any atom is 0.322 e. The molecule has 0 heterocycles. The molecular formula is C12H25NO5. The second kappa shape index (κ2) is 12.8. The van der Waals surface area contributed by atoms with E-state index < -0.39 is 6.04 Å². The van der Waals surface area contributed by atoms with Crippen LogP contribution in [0, 0.1) is 0 Å². The van der Waals surface area contributed by atoms with Gasteiger partial charge in [-0.1, -0.05) is 0 Å². The highest BCUT2D eigenvalue weighted by molar-refractivity contribution is 5.75. The predicted octanol–water partition coefficient (Wildman–Crippen LogP) is 0.337. The minimum absolute atomic E-state index is 0.353. The summed E-state index contributed by atoms with van der Waals surface area (Å²) in [6.45, 7) is 5.02. The van der Waals surface area contributed by atoms with E-state index in [2.05, 4.69) is 0 Å². The quantitative estimate of drug-likeness (QED) is 0.404. The van der Waals surface area contributed by atoms with Crippen LogP contribution >= 0.6 is 0 Å². The zero-order valence-electron chi connectivity index (χ0n) is 11.4. The third kappa shape index (κ3) is 10.5. The van der Waals surface area contributed by atoms with Crippen LogP contribution in [-0.2, 0) is 23.7 Å². The van der Waals surface area contributed by atoms with Crippen molar-refractivity contribution in [1.82, 2.24) is 0 Å². The van der Waals surface area contributed by atoms with Gasteiger partial charge >= 0.3 is 5.97 Å².